The zero-order valence-corrected chi connectivity index (χ0v) is 12.9. The summed E-state index contributed by atoms with van der Waals surface area (Å²) in [6.45, 7) is -0.0450. The topological polar surface area (TPSA) is 78.9 Å². The minimum Gasteiger partial charge on any atom is -0.507 e. The SMILES string of the molecule is CN(C)C(=O)COc1ccc(NC(=O)c2ccccc2O)cc1. The van der Waals surface area contributed by atoms with E-state index >= 15 is 0 Å². The number of phenols is 1. The number of carbonyl (C=O) groups is 2. The van der Waals surface area contributed by atoms with Crippen LogP contribution < -0.4 is 10.1 Å². The van der Waals surface area contributed by atoms with E-state index in [-0.39, 0.29) is 23.8 Å². The van der Waals surface area contributed by atoms with Crippen LogP contribution in [0.4, 0.5) is 5.69 Å². The molecule has 0 saturated carbocycles. The lowest BCUT2D eigenvalue weighted by Gasteiger charge is -2.12. The molecule has 0 bridgehead atoms. The highest BCUT2D eigenvalue weighted by molar-refractivity contribution is 6.06. The molecule has 2 amide bonds. The van der Waals surface area contributed by atoms with Gasteiger partial charge in [0.25, 0.3) is 11.8 Å². The summed E-state index contributed by atoms with van der Waals surface area (Å²) in [4.78, 5) is 24.9. The van der Waals surface area contributed by atoms with Crippen LogP contribution in [0.2, 0.25) is 0 Å². The van der Waals surface area contributed by atoms with Crippen molar-refractivity contribution in [3.05, 3.63) is 54.1 Å². The van der Waals surface area contributed by atoms with Crippen LogP contribution in [-0.2, 0) is 4.79 Å². The number of ether oxygens (including phenoxy) is 1. The van der Waals surface area contributed by atoms with Crippen molar-refractivity contribution in [3.63, 3.8) is 0 Å². The lowest BCUT2D eigenvalue weighted by Crippen LogP contribution is -2.27. The molecule has 0 radical (unpaired) electrons. The van der Waals surface area contributed by atoms with Gasteiger partial charge in [-0.15, -0.1) is 0 Å². The molecule has 2 rings (SSSR count). The van der Waals surface area contributed by atoms with E-state index in [4.69, 9.17) is 4.74 Å². The summed E-state index contributed by atoms with van der Waals surface area (Å²) in [5, 5.41) is 12.3. The average Bonchev–Trinajstić information content (AvgIpc) is 2.54. The van der Waals surface area contributed by atoms with Crippen molar-refractivity contribution in [2.45, 2.75) is 0 Å². The Kier molecular flexibility index (Phi) is 5.19. The van der Waals surface area contributed by atoms with E-state index in [2.05, 4.69) is 5.32 Å². The number of hydrogen-bond donors (Lipinski definition) is 2. The van der Waals surface area contributed by atoms with Gasteiger partial charge in [0.15, 0.2) is 6.61 Å². The van der Waals surface area contributed by atoms with Crippen molar-refractivity contribution in [2.75, 3.05) is 26.0 Å². The van der Waals surface area contributed by atoms with Gasteiger partial charge in [0.1, 0.15) is 11.5 Å². The average molecular weight is 314 g/mol. The molecule has 0 heterocycles. The summed E-state index contributed by atoms with van der Waals surface area (Å²) in [5.41, 5.74) is 0.758. The van der Waals surface area contributed by atoms with Crippen molar-refractivity contribution >= 4 is 17.5 Å². The molecule has 2 aromatic rings. The number of phenolic OH excluding ortho intramolecular Hbond substituents is 1. The molecule has 0 aliphatic carbocycles. The molecule has 2 aromatic carbocycles. The van der Waals surface area contributed by atoms with E-state index in [0.717, 1.165) is 0 Å². The van der Waals surface area contributed by atoms with Gasteiger partial charge in [-0.1, -0.05) is 12.1 Å². The van der Waals surface area contributed by atoms with Crippen LogP contribution in [0.5, 0.6) is 11.5 Å². The molecule has 6 nitrogen and oxygen atoms in total. The van der Waals surface area contributed by atoms with Gasteiger partial charge >= 0.3 is 0 Å². The molecule has 2 N–H and O–H groups in total. The maximum atomic E-state index is 12.1. The van der Waals surface area contributed by atoms with Crippen molar-refractivity contribution < 1.29 is 19.4 Å². The second-order valence-electron chi connectivity index (χ2n) is 5.07. The van der Waals surface area contributed by atoms with Crippen molar-refractivity contribution in [3.8, 4) is 11.5 Å². The molecular formula is C17H18N2O4. The molecule has 6 heteroatoms. The van der Waals surface area contributed by atoms with Gasteiger partial charge in [0.2, 0.25) is 0 Å². The Labute approximate surface area is 134 Å². The largest absolute Gasteiger partial charge is 0.507 e. The Morgan fingerprint density at radius 2 is 1.74 bits per heavy atom. The van der Waals surface area contributed by atoms with Crippen LogP contribution in [0.1, 0.15) is 10.4 Å². The highest BCUT2D eigenvalue weighted by atomic mass is 16.5. The van der Waals surface area contributed by atoms with Gasteiger partial charge in [-0.05, 0) is 36.4 Å². The molecule has 0 aliphatic rings. The number of aromatic hydroxyl groups is 1. The Balaban J connectivity index is 1.96. The molecule has 0 saturated heterocycles. The standard InChI is InChI=1S/C17H18N2O4/c1-19(2)16(21)11-23-13-9-7-12(8-10-13)18-17(22)14-5-3-4-6-15(14)20/h3-10,20H,11H2,1-2H3,(H,18,22). The first kappa shape index (κ1) is 16.4. The summed E-state index contributed by atoms with van der Waals surface area (Å²) < 4.78 is 5.35. The zero-order valence-electron chi connectivity index (χ0n) is 12.9. The summed E-state index contributed by atoms with van der Waals surface area (Å²) in [6, 6.07) is 12.9. The number of likely N-dealkylation sites (N-methyl/N-ethyl adjacent to an activating group) is 1. The predicted molar refractivity (Wildman–Crippen MR) is 86.7 cm³/mol. The van der Waals surface area contributed by atoms with E-state index < -0.39 is 5.91 Å². The molecular weight excluding hydrogens is 296 g/mol. The van der Waals surface area contributed by atoms with Crippen LogP contribution in [0, 0.1) is 0 Å². The number of hydrogen-bond acceptors (Lipinski definition) is 4. The Morgan fingerprint density at radius 1 is 1.09 bits per heavy atom. The minimum absolute atomic E-state index is 0.0450. The number of rotatable bonds is 5. The van der Waals surface area contributed by atoms with Crippen molar-refractivity contribution in [1.29, 1.82) is 0 Å². The number of benzene rings is 2. The number of anilines is 1. The van der Waals surface area contributed by atoms with E-state index in [9.17, 15) is 14.7 Å². The van der Waals surface area contributed by atoms with Crippen LogP contribution in [0.3, 0.4) is 0 Å². The van der Waals surface area contributed by atoms with Gasteiger partial charge in [-0.2, -0.15) is 0 Å². The maximum absolute atomic E-state index is 12.1. The Hall–Kier alpha value is -3.02. The molecule has 120 valence electrons. The van der Waals surface area contributed by atoms with Crippen LogP contribution in [0.25, 0.3) is 0 Å². The minimum atomic E-state index is -0.403. The van der Waals surface area contributed by atoms with Gasteiger partial charge in [-0.25, -0.2) is 0 Å². The molecule has 0 unspecified atom stereocenters. The fraction of sp³-hybridized carbons (Fsp3) is 0.176. The normalized spacial score (nSPS) is 10.0. The third-order valence-electron chi connectivity index (χ3n) is 3.12. The van der Waals surface area contributed by atoms with Gasteiger partial charge in [0, 0.05) is 19.8 Å². The molecule has 23 heavy (non-hydrogen) atoms. The van der Waals surface area contributed by atoms with Crippen molar-refractivity contribution in [2.24, 2.45) is 0 Å². The first-order valence-corrected chi connectivity index (χ1v) is 6.99. The lowest BCUT2D eigenvalue weighted by molar-refractivity contribution is -0.130. The fourth-order valence-corrected chi connectivity index (χ4v) is 1.77. The van der Waals surface area contributed by atoms with E-state index in [1.165, 1.54) is 17.0 Å². The fourth-order valence-electron chi connectivity index (χ4n) is 1.77. The number of nitrogens with one attached hydrogen (secondary N) is 1. The predicted octanol–water partition coefficient (Wildman–Crippen LogP) is 2.11. The second-order valence-corrected chi connectivity index (χ2v) is 5.07. The summed E-state index contributed by atoms with van der Waals surface area (Å²) in [7, 11) is 3.31. The highest BCUT2D eigenvalue weighted by Crippen LogP contribution is 2.19. The number of carbonyl (C=O) groups excluding carboxylic acids is 2. The van der Waals surface area contributed by atoms with E-state index in [1.54, 1.807) is 50.5 Å². The van der Waals surface area contributed by atoms with Gasteiger partial charge < -0.3 is 20.1 Å². The monoisotopic (exact) mass is 314 g/mol. The first-order valence-electron chi connectivity index (χ1n) is 6.99. The van der Waals surface area contributed by atoms with Gasteiger partial charge in [-0.3, -0.25) is 9.59 Å². The van der Waals surface area contributed by atoms with Gasteiger partial charge in [0.05, 0.1) is 5.56 Å². The number of nitrogens with zero attached hydrogens (tertiary/aromatic N) is 1. The summed E-state index contributed by atoms with van der Waals surface area (Å²) in [5.74, 6) is -0.0885. The van der Waals surface area contributed by atoms with E-state index in [0.29, 0.717) is 11.4 Å². The molecule has 0 fully saturated rings. The lowest BCUT2D eigenvalue weighted by atomic mass is 10.2. The molecule has 0 aliphatic heterocycles. The van der Waals surface area contributed by atoms with Crippen LogP contribution >= 0.6 is 0 Å². The van der Waals surface area contributed by atoms with Crippen LogP contribution in [-0.4, -0.2) is 42.5 Å². The molecule has 0 spiro atoms. The third kappa shape index (κ3) is 4.47. The Morgan fingerprint density at radius 3 is 2.35 bits per heavy atom. The highest BCUT2D eigenvalue weighted by Gasteiger charge is 2.10. The second kappa shape index (κ2) is 7.31. The summed E-state index contributed by atoms with van der Waals surface area (Å²) >= 11 is 0. The molecule has 0 atom stereocenters. The first-order chi connectivity index (χ1) is 11.0. The smallest absolute Gasteiger partial charge is 0.259 e. The Bertz CT molecular complexity index is 696. The quantitative estimate of drug-likeness (QED) is 0.886. The number of para-hydroxylation sites is 1. The summed E-state index contributed by atoms with van der Waals surface area (Å²) in [6.07, 6.45) is 0. The van der Waals surface area contributed by atoms with Crippen LogP contribution in [0.15, 0.2) is 48.5 Å². The zero-order chi connectivity index (χ0) is 16.8. The van der Waals surface area contributed by atoms with Crippen molar-refractivity contribution in [1.82, 2.24) is 4.90 Å². The number of amides is 2. The molecule has 0 aromatic heterocycles. The van der Waals surface area contributed by atoms with E-state index in [1.807, 2.05) is 0 Å². The maximum Gasteiger partial charge on any atom is 0.259 e. The third-order valence-corrected chi connectivity index (χ3v) is 3.12.